The molecule has 0 saturated carbocycles. The first-order chi connectivity index (χ1) is 17.8. The molecule has 4 atom stereocenters. The summed E-state index contributed by atoms with van der Waals surface area (Å²) >= 11 is 1.83. The number of benzene rings is 2. The average Bonchev–Trinajstić information content (AvgIpc) is 3.70. The third kappa shape index (κ3) is 2.63. The summed E-state index contributed by atoms with van der Waals surface area (Å²) in [6.07, 6.45) is 24.9. The number of allylic oxidation sites excluding steroid dienone is 8. The van der Waals surface area contributed by atoms with Gasteiger partial charge in [0.1, 0.15) is 11.9 Å². The fourth-order valence-electron chi connectivity index (χ4n) is 6.13. The van der Waals surface area contributed by atoms with E-state index in [0.717, 1.165) is 11.0 Å². The van der Waals surface area contributed by atoms with Crippen LogP contribution in [0.25, 0.3) is 35.5 Å². The zero-order chi connectivity index (χ0) is 23.4. The molecule has 3 heterocycles. The van der Waals surface area contributed by atoms with E-state index in [2.05, 4.69) is 91.1 Å². The van der Waals surface area contributed by atoms with Gasteiger partial charge in [-0.1, -0.05) is 54.7 Å². The minimum absolute atomic E-state index is 0.0267. The summed E-state index contributed by atoms with van der Waals surface area (Å²) in [5.41, 5.74) is 7.40. The first-order valence-electron chi connectivity index (χ1n) is 12.3. The first kappa shape index (κ1) is 19.5. The molecule has 4 heteroatoms. The molecule has 4 unspecified atom stereocenters. The normalized spacial score (nSPS) is 28.4. The highest BCUT2D eigenvalue weighted by Gasteiger charge is 2.44. The Morgan fingerprint density at radius 3 is 2.44 bits per heavy atom. The van der Waals surface area contributed by atoms with E-state index >= 15 is 0 Å². The minimum Gasteiger partial charge on any atom is -0.487 e. The number of ether oxygens (including phenoxy) is 3. The predicted molar refractivity (Wildman–Crippen MR) is 144 cm³/mol. The summed E-state index contributed by atoms with van der Waals surface area (Å²) in [6, 6.07) is 9.15. The van der Waals surface area contributed by atoms with Gasteiger partial charge in [0.2, 0.25) is 6.29 Å². The Bertz CT molecular complexity index is 1860. The fourth-order valence-corrected chi connectivity index (χ4v) is 7.57. The van der Waals surface area contributed by atoms with Gasteiger partial charge in [-0.25, -0.2) is 0 Å². The Balaban J connectivity index is 1.15. The van der Waals surface area contributed by atoms with E-state index < -0.39 is 0 Å². The Morgan fingerprint density at radius 2 is 1.56 bits per heavy atom. The van der Waals surface area contributed by atoms with Crippen molar-refractivity contribution < 1.29 is 14.2 Å². The molecular weight excluding hydrogens is 464 g/mol. The second-order valence-electron chi connectivity index (χ2n) is 9.96. The van der Waals surface area contributed by atoms with E-state index in [-0.39, 0.29) is 23.7 Å². The lowest BCUT2D eigenvalue weighted by atomic mass is 9.99. The summed E-state index contributed by atoms with van der Waals surface area (Å²) in [7, 11) is 0. The highest BCUT2D eigenvalue weighted by molar-refractivity contribution is 8.08. The van der Waals surface area contributed by atoms with E-state index in [1.807, 2.05) is 18.0 Å². The van der Waals surface area contributed by atoms with Crippen molar-refractivity contribution in [2.45, 2.75) is 23.7 Å². The van der Waals surface area contributed by atoms with Crippen molar-refractivity contribution in [3.05, 3.63) is 127 Å². The van der Waals surface area contributed by atoms with Gasteiger partial charge in [-0.05, 0) is 79.9 Å². The number of hydrogen-bond donors (Lipinski definition) is 0. The SMILES string of the molecule is C1=CC2=CC3OC(C4SC(C5OC=c6cc7c(cc65)=CC=C7)=c5cc6c(cc54)=CC=C6)OC3=CC2=C1. The molecule has 0 amide bonds. The lowest BCUT2D eigenvalue weighted by molar-refractivity contribution is -0.0444. The van der Waals surface area contributed by atoms with E-state index in [9.17, 15) is 0 Å². The number of rotatable bonds is 2. The largest absolute Gasteiger partial charge is 0.487 e. The van der Waals surface area contributed by atoms with Gasteiger partial charge in [-0.3, -0.25) is 0 Å². The second-order valence-corrected chi connectivity index (χ2v) is 11.1. The zero-order valence-electron chi connectivity index (χ0n) is 19.2. The van der Waals surface area contributed by atoms with Crippen LogP contribution >= 0.6 is 11.8 Å². The summed E-state index contributed by atoms with van der Waals surface area (Å²) in [4.78, 5) is 1.23. The second kappa shape index (κ2) is 6.94. The van der Waals surface area contributed by atoms with Gasteiger partial charge in [0.05, 0.1) is 11.5 Å². The molecule has 0 radical (unpaired) electrons. The highest BCUT2D eigenvalue weighted by atomic mass is 32.2. The maximum absolute atomic E-state index is 6.52. The third-order valence-electron chi connectivity index (χ3n) is 7.90. The fraction of sp³-hybridized carbons (Fsp3) is 0.125. The van der Waals surface area contributed by atoms with Crippen molar-refractivity contribution in [3.63, 3.8) is 0 Å². The van der Waals surface area contributed by atoms with Crippen LogP contribution in [0, 0.1) is 0 Å². The molecule has 2 aromatic carbocycles. The Hall–Kier alpha value is -3.73. The molecule has 0 spiro atoms. The maximum atomic E-state index is 6.52. The highest BCUT2D eigenvalue weighted by Crippen LogP contribution is 2.51. The third-order valence-corrected chi connectivity index (χ3v) is 9.32. The molecule has 1 saturated heterocycles. The molecule has 1 fully saturated rings. The van der Waals surface area contributed by atoms with Gasteiger partial charge >= 0.3 is 0 Å². The van der Waals surface area contributed by atoms with E-state index in [1.165, 1.54) is 54.0 Å². The van der Waals surface area contributed by atoms with Crippen LogP contribution < -0.4 is 20.9 Å². The van der Waals surface area contributed by atoms with Crippen LogP contribution in [0.4, 0.5) is 0 Å². The standard InChI is InChI=1S/C32H20O3S/c1-4-17-10-23-16-33-29(24(23)11-18(17)5-1)30-25-12-19-6-2-7-20(19)13-26(25)31(36-30)32-34-27-14-21-8-3-9-22(21)15-28(27)35-32/h1-16,27,29,31-32H. The first-order valence-corrected chi connectivity index (χ1v) is 13.2. The van der Waals surface area contributed by atoms with Crippen LogP contribution in [-0.4, -0.2) is 12.4 Å². The van der Waals surface area contributed by atoms with Crippen molar-refractivity contribution in [3.8, 4) is 0 Å². The monoisotopic (exact) mass is 484 g/mol. The van der Waals surface area contributed by atoms with Crippen LogP contribution in [0.1, 0.15) is 33.6 Å². The van der Waals surface area contributed by atoms with Crippen LogP contribution in [0.5, 0.6) is 0 Å². The summed E-state index contributed by atoms with van der Waals surface area (Å²) in [5.74, 6) is 0.901. The molecular formula is C32H20O3S. The lowest BCUT2D eigenvalue weighted by Crippen LogP contribution is -2.23. The minimum atomic E-state index is -0.363. The van der Waals surface area contributed by atoms with Crippen LogP contribution in [0.2, 0.25) is 0 Å². The Morgan fingerprint density at radius 1 is 0.750 bits per heavy atom. The van der Waals surface area contributed by atoms with Crippen molar-refractivity contribution >= 4 is 47.2 Å². The van der Waals surface area contributed by atoms with Crippen LogP contribution in [0.15, 0.2) is 83.7 Å². The van der Waals surface area contributed by atoms with E-state index in [1.54, 1.807) is 0 Å². The molecule has 0 aromatic heterocycles. The Labute approximate surface area is 211 Å². The van der Waals surface area contributed by atoms with Gasteiger partial charge in [-0.2, -0.15) is 0 Å². The summed E-state index contributed by atoms with van der Waals surface area (Å²) < 4.78 is 19.4. The van der Waals surface area contributed by atoms with Gasteiger partial charge in [0.15, 0.2) is 6.10 Å². The molecule has 172 valence electrons. The van der Waals surface area contributed by atoms with Gasteiger partial charge in [0, 0.05) is 15.7 Å². The van der Waals surface area contributed by atoms with Gasteiger partial charge in [-0.15, -0.1) is 11.8 Å². The predicted octanol–water partition coefficient (Wildman–Crippen LogP) is 3.77. The molecule has 3 nitrogen and oxygen atoms in total. The van der Waals surface area contributed by atoms with Crippen molar-refractivity contribution in [2.24, 2.45) is 0 Å². The molecule has 7 aliphatic rings. The van der Waals surface area contributed by atoms with Crippen molar-refractivity contribution in [1.82, 2.24) is 0 Å². The zero-order valence-corrected chi connectivity index (χ0v) is 20.0. The Kier molecular flexibility index (Phi) is 3.75. The maximum Gasteiger partial charge on any atom is 0.217 e. The van der Waals surface area contributed by atoms with Crippen LogP contribution in [0.3, 0.4) is 0 Å². The van der Waals surface area contributed by atoms with E-state index in [0.29, 0.717) is 0 Å². The van der Waals surface area contributed by atoms with Crippen molar-refractivity contribution in [2.75, 3.05) is 0 Å². The number of hydrogen-bond acceptors (Lipinski definition) is 4. The number of thioether (sulfide) groups is 1. The number of fused-ring (bicyclic) bond motifs is 6. The molecule has 0 bridgehead atoms. The van der Waals surface area contributed by atoms with Gasteiger partial charge < -0.3 is 14.2 Å². The smallest absolute Gasteiger partial charge is 0.217 e. The quantitative estimate of drug-likeness (QED) is 0.649. The molecule has 36 heavy (non-hydrogen) atoms. The molecule has 9 rings (SSSR count). The molecule has 4 aliphatic carbocycles. The van der Waals surface area contributed by atoms with E-state index in [4.69, 9.17) is 14.2 Å². The molecule has 3 aliphatic heterocycles. The molecule has 2 aromatic rings. The summed E-state index contributed by atoms with van der Waals surface area (Å²) in [5, 5.41) is 4.94. The molecule has 0 N–H and O–H groups in total. The van der Waals surface area contributed by atoms with Gasteiger partial charge in [0.25, 0.3) is 0 Å². The topological polar surface area (TPSA) is 27.7 Å². The summed E-state index contributed by atoms with van der Waals surface area (Å²) in [6.45, 7) is 0. The van der Waals surface area contributed by atoms with Crippen molar-refractivity contribution in [1.29, 1.82) is 0 Å². The average molecular weight is 485 g/mol. The lowest BCUT2D eigenvalue weighted by Gasteiger charge is -2.20. The van der Waals surface area contributed by atoms with Crippen LogP contribution in [-0.2, 0) is 14.2 Å².